The zero-order valence-corrected chi connectivity index (χ0v) is 9.26. The molecule has 16 heavy (non-hydrogen) atoms. The molecule has 1 aromatic rings. The van der Waals surface area contributed by atoms with E-state index < -0.39 is 12.1 Å². The Morgan fingerprint density at radius 1 is 1.62 bits per heavy atom. The highest BCUT2D eigenvalue weighted by Gasteiger charge is 2.20. The molecule has 0 saturated heterocycles. The lowest BCUT2D eigenvalue weighted by atomic mass is 10.1. The van der Waals surface area contributed by atoms with Gasteiger partial charge in [0.05, 0.1) is 31.2 Å². The molecule has 0 aromatic carbocycles. The average molecular weight is 247 g/mol. The van der Waals surface area contributed by atoms with E-state index in [1.54, 1.807) is 0 Å². The Morgan fingerprint density at radius 2 is 2.31 bits per heavy atom. The summed E-state index contributed by atoms with van der Waals surface area (Å²) in [6, 6.07) is 3.35. The number of nitriles is 1. The molecule has 86 valence electrons. The van der Waals surface area contributed by atoms with E-state index in [-0.39, 0.29) is 23.7 Å². The van der Waals surface area contributed by atoms with Crippen LogP contribution in [0.15, 0.2) is 6.07 Å². The number of rotatable bonds is 4. The van der Waals surface area contributed by atoms with Gasteiger partial charge in [0.25, 0.3) is 6.43 Å². The van der Waals surface area contributed by atoms with Gasteiger partial charge in [-0.15, -0.1) is 11.6 Å². The quantitative estimate of drug-likeness (QED) is 0.768. The Kier molecular flexibility index (Phi) is 4.44. The van der Waals surface area contributed by atoms with E-state index in [9.17, 15) is 8.78 Å². The fourth-order valence-electron chi connectivity index (χ4n) is 1.32. The van der Waals surface area contributed by atoms with Crippen LogP contribution in [0.2, 0.25) is 0 Å². The zero-order chi connectivity index (χ0) is 12.1. The molecule has 0 radical (unpaired) electrons. The lowest BCUT2D eigenvalue weighted by Gasteiger charge is -2.12. The fraction of sp³-hybridized carbons (Fsp3) is 0.400. The molecule has 0 aliphatic rings. The summed E-state index contributed by atoms with van der Waals surface area (Å²) >= 11 is 5.62. The first-order valence-electron chi connectivity index (χ1n) is 4.41. The molecule has 3 nitrogen and oxygen atoms in total. The highest BCUT2D eigenvalue weighted by atomic mass is 35.5. The zero-order valence-electron chi connectivity index (χ0n) is 8.51. The van der Waals surface area contributed by atoms with E-state index in [0.717, 1.165) is 0 Å². The van der Waals surface area contributed by atoms with Gasteiger partial charge in [-0.05, 0) is 6.07 Å². The fourth-order valence-corrected chi connectivity index (χ4v) is 1.52. The molecule has 0 saturated carbocycles. The molecule has 0 N–H and O–H groups in total. The van der Waals surface area contributed by atoms with Gasteiger partial charge in [0.2, 0.25) is 0 Å². The summed E-state index contributed by atoms with van der Waals surface area (Å²) < 4.78 is 30.2. The van der Waals surface area contributed by atoms with Gasteiger partial charge < -0.3 is 4.74 Å². The maximum Gasteiger partial charge on any atom is 0.284 e. The molecule has 6 heteroatoms. The van der Waals surface area contributed by atoms with Crippen molar-refractivity contribution in [3.05, 3.63) is 23.0 Å². The Bertz CT molecular complexity index is 418. The van der Waals surface area contributed by atoms with E-state index in [1.165, 1.54) is 13.2 Å². The molecule has 0 unspecified atom stereocenters. The van der Waals surface area contributed by atoms with E-state index >= 15 is 0 Å². The Balaban J connectivity index is 3.32. The number of halogens is 3. The monoisotopic (exact) mass is 246 g/mol. The van der Waals surface area contributed by atoms with Crippen molar-refractivity contribution in [1.29, 1.82) is 5.26 Å². The summed E-state index contributed by atoms with van der Waals surface area (Å²) in [5.74, 6) is 0.0239. The summed E-state index contributed by atoms with van der Waals surface area (Å²) in [7, 11) is 1.28. The SMILES string of the molecule is COc1c(CCl)cc(CC#N)nc1C(F)F. The van der Waals surface area contributed by atoms with Crippen LogP contribution in [0.25, 0.3) is 0 Å². The number of methoxy groups -OCH3 is 1. The number of ether oxygens (including phenoxy) is 1. The second-order valence-corrected chi connectivity index (χ2v) is 3.23. The van der Waals surface area contributed by atoms with Crippen molar-refractivity contribution in [2.45, 2.75) is 18.7 Å². The lowest BCUT2D eigenvalue weighted by Crippen LogP contribution is -2.03. The van der Waals surface area contributed by atoms with Crippen molar-refractivity contribution in [3.8, 4) is 11.8 Å². The van der Waals surface area contributed by atoms with Crippen molar-refractivity contribution in [2.75, 3.05) is 7.11 Å². The minimum Gasteiger partial charge on any atom is -0.494 e. The van der Waals surface area contributed by atoms with Gasteiger partial charge in [-0.3, -0.25) is 0 Å². The van der Waals surface area contributed by atoms with Crippen molar-refractivity contribution in [2.24, 2.45) is 0 Å². The van der Waals surface area contributed by atoms with Gasteiger partial charge in [-0.25, -0.2) is 13.8 Å². The highest BCUT2D eigenvalue weighted by molar-refractivity contribution is 6.17. The van der Waals surface area contributed by atoms with Crippen LogP contribution < -0.4 is 4.74 Å². The topological polar surface area (TPSA) is 45.9 Å². The standard InChI is InChI=1S/C10H9ClF2N2O/c1-16-9-6(5-11)4-7(2-3-14)15-8(9)10(12)13/h4,10H,2,5H2,1H3. The molecule has 0 amide bonds. The summed E-state index contributed by atoms with van der Waals surface area (Å²) in [6.07, 6.45) is -2.79. The third-order valence-corrected chi connectivity index (χ3v) is 2.23. The Labute approximate surface area is 96.6 Å². The third kappa shape index (κ3) is 2.58. The number of alkyl halides is 3. The van der Waals surface area contributed by atoms with Crippen LogP contribution in [0.1, 0.15) is 23.4 Å². The van der Waals surface area contributed by atoms with Crippen LogP contribution in [0.4, 0.5) is 8.78 Å². The van der Waals surface area contributed by atoms with Crippen molar-refractivity contribution in [3.63, 3.8) is 0 Å². The van der Waals surface area contributed by atoms with Crippen LogP contribution in [0.5, 0.6) is 5.75 Å². The minimum atomic E-state index is -2.75. The summed E-state index contributed by atoms with van der Waals surface area (Å²) in [6.45, 7) is 0. The van der Waals surface area contributed by atoms with Crippen LogP contribution in [0.3, 0.4) is 0 Å². The Morgan fingerprint density at radius 3 is 2.75 bits per heavy atom. The Hall–Kier alpha value is -1.41. The highest BCUT2D eigenvalue weighted by Crippen LogP contribution is 2.32. The molecular formula is C10H9ClF2N2O. The minimum absolute atomic E-state index is 0.00769. The molecule has 1 heterocycles. The molecule has 0 aliphatic heterocycles. The molecule has 0 fully saturated rings. The third-order valence-electron chi connectivity index (χ3n) is 1.94. The predicted octanol–water partition coefficient (Wildman–Crippen LogP) is 2.83. The van der Waals surface area contributed by atoms with Gasteiger partial charge in [-0.2, -0.15) is 5.26 Å². The first-order chi connectivity index (χ1) is 7.63. The molecular weight excluding hydrogens is 238 g/mol. The second-order valence-electron chi connectivity index (χ2n) is 2.96. The summed E-state index contributed by atoms with van der Waals surface area (Å²) in [4.78, 5) is 3.69. The number of aromatic nitrogens is 1. The first-order valence-corrected chi connectivity index (χ1v) is 4.95. The first kappa shape index (κ1) is 12.7. The number of hydrogen-bond acceptors (Lipinski definition) is 3. The molecule has 1 rings (SSSR count). The maximum absolute atomic E-state index is 12.7. The number of pyridine rings is 1. The molecule has 0 spiro atoms. The molecule has 0 aliphatic carbocycles. The normalized spacial score (nSPS) is 10.2. The van der Waals surface area contributed by atoms with Crippen molar-refractivity contribution in [1.82, 2.24) is 4.98 Å². The van der Waals surface area contributed by atoms with Gasteiger partial charge in [0, 0.05) is 5.56 Å². The van der Waals surface area contributed by atoms with Gasteiger partial charge in [-0.1, -0.05) is 0 Å². The summed E-state index contributed by atoms with van der Waals surface area (Å²) in [5, 5.41) is 8.50. The van der Waals surface area contributed by atoms with Gasteiger partial charge in [0.1, 0.15) is 5.69 Å². The van der Waals surface area contributed by atoms with Crippen molar-refractivity contribution < 1.29 is 13.5 Å². The van der Waals surface area contributed by atoms with Crippen LogP contribution >= 0.6 is 11.6 Å². The van der Waals surface area contributed by atoms with E-state index in [2.05, 4.69) is 4.98 Å². The molecule has 0 bridgehead atoms. The summed E-state index contributed by atoms with van der Waals surface area (Å²) in [5.41, 5.74) is 0.222. The second kappa shape index (κ2) is 5.61. The van der Waals surface area contributed by atoms with Crippen LogP contribution in [-0.2, 0) is 12.3 Å². The predicted molar refractivity (Wildman–Crippen MR) is 54.6 cm³/mol. The van der Waals surface area contributed by atoms with Crippen LogP contribution in [0, 0.1) is 11.3 Å². The average Bonchev–Trinajstić information content (AvgIpc) is 2.28. The van der Waals surface area contributed by atoms with Crippen LogP contribution in [-0.4, -0.2) is 12.1 Å². The molecule has 1 aromatic heterocycles. The largest absolute Gasteiger partial charge is 0.494 e. The smallest absolute Gasteiger partial charge is 0.284 e. The van der Waals surface area contributed by atoms with Gasteiger partial charge in [0.15, 0.2) is 5.75 Å². The van der Waals surface area contributed by atoms with Gasteiger partial charge >= 0.3 is 0 Å². The van der Waals surface area contributed by atoms with Crippen molar-refractivity contribution >= 4 is 11.6 Å². The molecule has 0 atom stereocenters. The lowest BCUT2D eigenvalue weighted by molar-refractivity contribution is 0.141. The van der Waals surface area contributed by atoms with E-state index in [1.807, 2.05) is 6.07 Å². The van der Waals surface area contributed by atoms with E-state index in [0.29, 0.717) is 5.56 Å². The maximum atomic E-state index is 12.7. The number of nitrogens with zero attached hydrogens (tertiary/aromatic N) is 2. The van der Waals surface area contributed by atoms with E-state index in [4.69, 9.17) is 21.6 Å². The number of hydrogen-bond donors (Lipinski definition) is 0.